The molecular weight excluding hydrogens is 150 g/mol. The summed E-state index contributed by atoms with van der Waals surface area (Å²) in [4.78, 5) is 4.01. The van der Waals surface area contributed by atoms with Gasteiger partial charge in [0.15, 0.2) is 0 Å². The molecule has 0 fully saturated rings. The zero-order valence-electron chi connectivity index (χ0n) is 6.51. The molecule has 0 spiro atoms. The summed E-state index contributed by atoms with van der Waals surface area (Å²) in [5.74, 6) is 0. The predicted molar refractivity (Wildman–Crippen MR) is 44.4 cm³/mol. The van der Waals surface area contributed by atoms with Crippen LogP contribution in [0.25, 0.3) is 0 Å². The van der Waals surface area contributed by atoms with Crippen LogP contribution in [0.4, 0.5) is 0 Å². The maximum Gasteiger partial charge on any atom is 0.113 e. The Bertz CT molecular complexity index is 326. The van der Waals surface area contributed by atoms with Gasteiger partial charge in [0.1, 0.15) is 6.20 Å². The third-order valence-corrected chi connectivity index (χ3v) is 1.57. The fraction of sp³-hybridized carbons (Fsp3) is 0.111. The zero-order valence-corrected chi connectivity index (χ0v) is 6.51. The van der Waals surface area contributed by atoms with Gasteiger partial charge in [-0.15, -0.1) is 0 Å². The van der Waals surface area contributed by atoms with Crippen LogP contribution in [-0.2, 0) is 6.54 Å². The highest BCUT2D eigenvalue weighted by atomic mass is 15.3. The van der Waals surface area contributed by atoms with Crippen molar-refractivity contribution in [1.82, 2.24) is 14.8 Å². The molecule has 0 aromatic carbocycles. The molecule has 0 saturated heterocycles. The first-order chi connectivity index (χ1) is 5.95. The SMILES string of the molecule is [c]1ccn(Cc2cccnc2)n1. The molecular formula is C9H8N3. The number of nitrogens with zero attached hydrogens (tertiary/aromatic N) is 3. The predicted octanol–water partition coefficient (Wildman–Crippen LogP) is 1.13. The van der Waals surface area contributed by atoms with Gasteiger partial charge in [0.2, 0.25) is 0 Å². The van der Waals surface area contributed by atoms with Crippen molar-refractivity contribution < 1.29 is 0 Å². The van der Waals surface area contributed by atoms with E-state index in [-0.39, 0.29) is 0 Å². The minimum absolute atomic E-state index is 0.761. The third kappa shape index (κ3) is 1.50. The summed E-state index contributed by atoms with van der Waals surface area (Å²) in [6, 6.07) is 5.73. The largest absolute Gasteiger partial charge is 0.268 e. The highest BCUT2D eigenvalue weighted by molar-refractivity contribution is 5.08. The van der Waals surface area contributed by atoms with Crippen LogP contribution in [0.1, 0.15) is 5.56 Å². The van der Waals surface area contributed by atoms with Crippen molar-refractivity contribution in [3.63, 3.8) is 0 Å². The molecule has 12 heavy (non-hydrogen) atoms. The van der Waals surface area contributed by atoms with E-state index in [0.29, 0.717) is 0 Å². The van der Waals surface area contributed by atoms with Crippen molar-refractivity contribution in [1.29, 1.82) is 0 Å². The van der Waals surface area contributed by atoms with Crippen LogP contribution in [0, 0.1) is 6.20 Å². The van der Waals surface area contributed by atoms with Gasteiger partial charge in [-0.3, -0.25) is 9.67 Å². The van der Waals surface area contributed by atoms with E-state index < -0.39 is 0 Å². The molecule has 0 saturated carbocycles. The van der Waals surface area contributed by atoms with E-state index in [1.165, 1.54) is 0 Å². The van der Waals surface area contributed by atoms with Crippen molar-refractivity contribution in [3.05, 3.63) is 48.5 Å². The standard InChI is InChI=1S/C9H8N3/c1-3-9(7-10-4-1)8-12-6-2-5-11-12/h1-4,6-7H,8H2. The molecule has 59 valence electrons. The molecule has 0 bridgehead atoms. The van der Waals surface area contributed by atoms with Crippen LogP contribution in [-0.4, -0.2) is 14.8 Å². The molecule has 3 nitrogen and oxygen atoms in total. The summed E-state index contributed by atoms with van der Waals surface area (Å²) in [7, 11) is 0. The average Bonchev–Trinajstić information content (AvgIpc) is 2.59. The highest BCUT2D eigenvalue weighted by Gasteiger charge is 1.92. The Kier molecular flexibility index (Phi) is 1.86. The number of hydrogen-bond donors (Lipinski definition) is 0. The van der Waals surface area contributed by atoms with Crippen molar-refractivity contribution in [2.75, 3.05) is 0 Å². The zero-order chi connectivity index (χ0) is 8.23. The van der Waals surface area contributed by atoms with E-state index in [1.807, 2.05) is 29.2 Å². The Hall–Kier alpha value is -1.64. The summed E-state index contributed by atoms with van der Waals surface area (Å²) >= 11 is 0. The first kappa shape index (κ1) is 7.03. The number of hydrogen-bond acceptors (Lipinski definition) is 2. The highest BCUT2D eigenvalue weighted by Crippen LogP contribution is 1.97. The van der Waals surface area contributed by atoms with Crippen molar-refractivity contribution >= 4 is 0 Å². The molecule has 1 radical (unpaired) electrons. The lowest BCUT2D eigenvalue weighted by atomic mass is 10.3. The quantitative estimate of drug-likeness (QED) is 0.655. The third-order valence-electron chi connectivity index (χ3n) is 1.57. The summed E-state index contributed by atoms with van der Waals surface area (Å²) in [6.45, 7) is 0.761. The molecule has 3 heteroatoms. The van der Waals surface area contributed by atoms with Crippen LogP contribution in [0.15, 0.2) is 36.8 Å². The second-order valence-corrected chi connectivity index (χ2v) is 2.50. The molecule has 0 aliphatic rings. The lowest BCUT2D eigenvalue weighted by Crippen LogP contribution is -1.99. The lowest BCUT2D eigenvalue weighted by molar-refractivity contribution is 0.683. The van der Waals surface area contributed by atoms with Crippen LogP contribution in [0.5, 0.6) is 0 Å². The molecule has 0 aliphatic heterocycles. The van der Waals surface area contributed by atoms with Gasteiger partial charge in [0.05, 0.1) is 6.54 Å². The molecule has 2 aromatic heterocycles. The molecule has 0 amide bonds. The maximum atomic E-state index is 4.01. The molecule has 0 N–H and O–H groups in total. The molecule has 2 rings (SSSR count). The minimum atomic E-state index is 0.761. The monoisotopic (exact) mass is 158 g/mol. The van der Waals surface area contributed by atoms with Crippen LogP contribution >= 0.6 is 0 Å². The Balaban J connectivity index is 2.15. The fourth-order valence-electron chi connectivity index (χ4n) is 1.03. The second-order valence-electron chi connectivity index (χ2n) is 2.50. The molecule has 2 heterocycles. The molecule has 0 atom stereocenters. The van der Waals surface area contributed by atoms with E-state index >= 15 is 0 Å². The summed E-state index contributed by atoms with van der Waals surface area (Å²) < 4.78 is 1.82. The van der Waals surface area contributed by atoms with Crippen molar-refractivity contribution in [3.8, 4) is 0 Å². The van der Waals surface area contributed by atoms with E-state index in [0.717, 1.165) is 12.1 Å². The topological polar surface area (TPSA) is 30.7 Å². The summed E-state index contributed by atoms with van der Waals surface area (Å²) in [5.41, 5.74) is 1.15. The van der Waals surface area contributed by atoms with Crippen molar-refractivity contribution in [2.24, 2.45) is 0 Å². The van der Waals surface area contributed by atoms with Crippen LogP contribution in [0.3, 0.4) is 0 Å². The molecule has 0 aliphatic carbocycles. The van der Waals surface area contributed by atoms with Gasteiger partial charge in [0, 0.05) is 18.6 Å². The van der Waals surface area contributed by atoms with Gasteiger partial charge in [-0.1, -0.05) is 6.07 Å². The second kappa shape index (κ2) is 3.17. The summed E-state index contributed by atoms with van der Waals surface area (Å²) in [5, 5.41) is 3.98. The number of rotatable bonds is 2. The Morgan fingerprint density at radius 1 is 1.50 bits per heavy atom. The average molecular weight is 158 g/mol. The number of pyridine rings is 1. The molecule has 2 aromatic rings. The lowest BCUT2D eigenvalue weighted by Gasteiger charge is -1.99. The fourth-order valence-corrected chi connectivity index (χ4v) is 1.03. The van der Waals surface area contributed by atoms with Gasteiger partial charge < -0.3 is 0 Å². The van der Waals surface area contributed by atoms with E-state index in [2.05, 4.69) is 16.3 Å². The summed E-state index contributed by atoms with van der Waals surface area (Å²) in [6.07, 6.45) is 8.22. The van der Waals surface area contributed by atoms with Gasteiger partial charge in [-0.25, -0.2) is 0 Å². The van der Waals surface area contributed by atoms with E-state index in [9.17, 15) is 0 Å². The Morgan fingerprint density at radius 3 is 3.17 bits per heavy atom. The Morgan fingerprint density at radius 2 is 2.50 bits per heavy atom. The van der Waals surface area contributed by atoms with E-state index in [4.69, 9.17) is 0 Å². The molecule has 0 unspecified atom stereocenters. The first-order valence-electron chi connectivity index (χ1n) is 3.73. The normalized spacial score (nSPS) is 10.0. The smallest absolute Gasteiger partial charge is 0.113 e. The van der Waals surface area contributed by atoms with Gasteiger partial charge in [-0.2, -0.15) is 5.10 Å². The van der Waals surface area contributed by atoms with Crippen LogP contribution in [0.2, 0.25) is 0 Å². The first-order valence-corrected chi connectivity index (χ1v) is 3.73. The number of aromatic nitrogens is 3. The van der Waals surface area contributed by atoms with Gasteiger partial charge in [-0.05, 0) is 17.7 Å². The van der Waals surface area contributed by atoms with Gasteiger partial charge in [0.25, 0.3) is 0 Å². The Labute approximate surface area is 70.7 Å². The van der Waals surface area contributed by atoms with Crippen molar-refractivity contribution in [2.45, 2.75) is 6.54 Å². The van der Waals surface area contributed by atoms with Crippen LogP contribution < -0.4 is 0 Å². The van der Waals surface area contributed by atoms with E-state index in [1.54, 1.807) is 12.3 Å². The van der Waals surface area contributed by atoms with Gasteiger partial charge >= 0.3 is 0 Å². The maximum absolute atomic E-state index is 4.01. The minimum Gasteiger partial charge on any atom is -0.268 e.